The molecular formula is C26H32N4O2. The molecule has 0 aliphatic carbocycles. The second-order valence-corrected chi connectivity index (χ2v) is 9.79. The number of hydrogen-bond acceptors (Lipinski definition) is 4. The first kappa shape index (κ1) is 23.3. The predicted octanol–water partition coefficient (Wildman–Crippen LogP) is 5.32. The van der Waals surface area contributed by atoms with Crippen LogP contribution in [0.4, 0.5) is 0 Å². The number of hydrogen-bond donors (Lipinski definition) is 2. The van der Waals surface area contributed by atoms with E-state index in [1.54, 1.807) is 12.4 Å². The van der Waals surface area contributed by atoms with Crippen LogP contribution in [-0.4, -0.2) is 28.9 Å². The van der Waals surface area contributed by atoms with E-state index in [-0.39, 0.29) is 23.3 Å². The van der Waals surface area contributed by atoms with Gasteiger partial charge in [0, 0.05) is 11.1 Å². The Morgan fingerprint density at radius 2 is 1.75 bits per heavy atom. The van der Waals surface area contributed by atoms with E-state index in [0.29, 0.717) is 5.75 Å². The highest BCUT2D eigenvalue weighted by Crippen LogP contribution is 2.36. The molecule has 2 aromatic carbocycles. The number of hydrazone groups is 1. The summed E-state index contributed by atoms with van der Waals surface area (Å²) in [4.78, 5) is 12.1. The molecule has 0 saturated heterocycles. The van der Waals surface area contributed by atoms with Crippen molar-refractivity contribution in [2.75, 3.05) is 6.61 Å². The number of carbonyl (C=O) groups excluding carboxylic acids is 1. The molecule has 168 valence electrons. The molecule has 2 N–H and O–H groups in total. The third-order valence-electron chi connectivity index (χ3n) is 5.10. The topological polar surface area (TPSA) is 79.4 Å². The summed E-state index contributed by atoms with van der Waals surface area (Å²) in [5, 5.41) is 11.0. The monoisotopic (exact) mass is 432 g/mol. The molecule has 3 aromatic rings. The van der Waals surface area contributed by atoms with Crippen molar-refractivity contribution >= 4 is 12.1 Å². The number of carbonyl (C=O) groups is 1. The molecule has 32 heavy (non-hydrogen) atoms. The zero-order valence-corrected chi connectivity index (χ0v) is 19.5. The van der Waals surface area contributed by atoms with Crippen molar-refractivity contribution in [3.8, 4) is 17.0 Å². The van der Waals surface area contributed by atoms with E-state index in [1.165, 1.54) is 5.56 Å². The zero-order valence-electron chi connectivity index (χ0n) is 19.5. The van der Waals surface area contributed by atoms with Gasteiger partial charge in [-0.15, -0.1) is 0 Å². The lowest BCUT2D eigenvalue weighted by Crippen LogP contribution is -2.25. The number of aromatic amines is 1. The van der Waals surface area contributed by atoms with Crippen molar-refractivity contribution in [3.63, 3.8) is 0 Å². The SMILES string of the molecule is CC(C)(C)CC(C)(C)c1ccc(OCC(=O)NN=Cc2cn[nH]c2-c2ccccc2)cc1. The number of rotatable bonds is 8. The van der Waals surface area contributed by atoms with Crippen LogP contribution >= 0.6 is 0 Å². The maximum Gasteiger partial charge on any atom is 0.277 e. The Morgan fingerprint density at radius 1 is 1.06 bits per heavy atom. The molecule has 0 aliphatic rings. The van der Waals surface area contributed by atoms with Gasteiger partial charge in [-0.2, -0.15) is 10.2 Å². The molecule has 3 rings (SSSR count). The molecule has 0 radical (unpaired) electrons. The Labute approximate surface area is 190 Å². The summed E-state index contributed by atoms with van der Waals surface area (Å²) in [5.74, 6) is 0.323. The van der Waals surface area contributed by atoms with Gasteiger partial charge in [-0.25, -0.2) is 5.43 Å². The van der Waals surface area contributed by atoms with Crippen molar-refractivity contribution in [2.24, 2.45) is 10.5 Å². The molecule has 1 heterocycles. The van der Waals surface area contributed by atoms with E-state index in [4.69, 9.17) is 4.74 Å². The summed E-state index contributed by atoms with van der Waals surface area (Å²) in [6, 6.07) is 17.8. The fraction of sp³-hybridized carbons (Fsp3) is 0.346. The lowest BCUT2D eigenvalue weighted by Gasteiger charge is -2.33. The Morgan fingerprint density at radius 3 is 2.41 bits per heavy atom. The second kappa shape index (κ2) is 9.81. The number of nitrogens with one attached hydrogen (secondary N) is 2. The summed E-state index contributed by atoms with van der Waals surface area (Å²) in [6.07, 6.45) is 4.30. The van der Waals surface area contributed by atoms with E-state index >= 15 is 0 Å². The zero-order chi connectivity index (χ0) is 23.2. The molecule has 1 aromatic heterocycles. The minimum atomic E-state index is -0.330. The average Bonchev–Trinajstić information content (AvgIpc) is 3.20. The quantitative estimate of drug-likeness (QED) is 0.373. The molecule has 0 unspecified atom stereocenters. The predicted molar refractivity (Wildman–Crippen MR) is 129 cm³/mol. The van der Waals surface area contributed by atoms with Crippen molar-refractivity contribution in [1.82, 2.24) is 15.6 Å². The normalized spacial score (nSPS) is 12.2. The summed E-state index contributed by atoms with van der Waals surface area (Å²) in [6.45, 7) is 11.2. The Kier molecular flexibility index (Phi) is 7.13. The van der Waals surface area contributed by atoms with E-state index in [2.05, 4.69) is 67.5 Å². The number of nitrogens with zero attached hydrogens (tertiary/aromatic N) is 2. The Hall–Kier alpha value is -3.41. The lowest BCUT2D eigenvalue weighted by molar-refractivity contribution is -0.123. The first-order valence-corrected chi connectivity index (χ1v) is 10.8. The van der Waals surface area contributed by atoms with Gasteiger partial charge in [0.1, 0.15) is 5.75 Å². The smallest absolute Gasteiger partial charge is 0.277 e. The van der Waals surface area contributed by atoms with E-state index in [0.717, 1.165) is 23.2 Å². The molecule has 0 bridgehead atoms. The molecule has 0 atom stereocenters. The molecule has 0 saturated carbocycles. The van der Waals surface area contributed by atoms with Gasteiger partial charge in [0.05, 0.1) is 18.1 Å². The van der Waals surface area contributed by atoms with Crippen LogP contribution in [0.25, 0.3) is 11.3 Å². The second-order valence-electron chi connectivity index (χ2n) is 9.79. The molecular weight excluding hydrogens is 400 g/mol. The highest BCUT2D eigenvalue weighted by molar-refractivity contribution is 5.89. The van der Waals surface area contributed by atoms with Crippen LogP contribution in [0.1, 0.15) is 52.2 Å². The van der Waals surface area contributed by atoms with Crippen LogP contribution in [0.3, 0.4) is 0 Å². The Bertz CT molecular complexity index is 1050. The van der Waals surface area contributed by atoms with Crippen molar-refractivity contribution in [2.45, 2.75) is 46.5 Å². The van der Waals surface area contributed by atoms with Gasteiger partial charge in [-0.1, -0.05) is 77.1 Å². The van der Waals surface area contributed by atoms with Crippen LogP contribution in [0.2, 0.25) is 0 Å². The van der Waals surface area contributed by atoms with Gasteiger partial charge in [-0.3, -0.25) is 9.89 Å². The maximum absolute atomic E-state index is 12.1. The van der Waals surface area contributed by atoms with Gasteiger partial charge in [-0.05, 0) is 34.9 Å². The van der Waals surface area contributed by atoms with Crippen LogP contribution in [-0.2, 0) is 10.2 Å². The average molecular weight is 433 g/mol. The van der Waals surface area contributed by atoms with Crippen molar-refractivity contribution < 1.29 is 9.53 Å². The van der Waals surface area contributed by atoms with E-state index in [9.17, 15) is 4.79 Å². The fourth-order valence-corrected chi connectivity index (χ4v) is 4.01. The van der Waals surface area contributed by atoms with E-state index in [1.807, 2.05) is 42.5 Å². The van der Waals surface area contributed by atoms with Crippen molar-refractivity contribution in [3.05, 3.63) is 71.9 Å². The summed E-state index contributed by atoms with van der Waals surface area (Å²) >= 11 is 0. The molecule has 6 nitrogen and oxygen atoms in total. The van der Waals surface area contributed by atoms with Gasteiger partial charge < -0.3 is 4.74 Å². The van der Waals surface area contributed by atoms with Gasteiger partial charge in [0.25, 0.3) is 5.91 Å². The number of aromatic nitrogens is 2. The molecule has 0 aliphatic heterocycles. The van der Waals surface area contributed by atoms with Gasteiger partial charge in [0.15, 0.2) is 6.61 Å². The lowest BCUT2D eigenvalue weighted by atomic mass is 9.72. The van der Waals surface area contributed by atoms with Crippen molar-refractivity contribution in [1.29, 1.82) is 0 Å². The minimum Gasteiger partial charge on any atom is -0.484 e. The molecule has 0 spiro atoms. The largest absolute Gasteiger partial charge is 0.484 e. The van der Waals surface area contributed by atoms with E-state index < -0.39 is 0 Å². The van der Waals surface area contributed by atoms with Gasteiger partial charge in [0.2, 0.25) is 0 Å². The van der Waals surface area contributed by atoms with Crippen LogP contribution < -0.4 is 10.2 Å². The summed E-state index contributed by atoms with van der Waals surface area (Å²) in [7, 11) is 0. The van der Waals surface area contributed by atoms with Crippen LogP contribution in [0, 0.1) is 5.41 Å². The number of H-pyrrole nitrogens is 1. The summed E-state index contributed by atoms with van der Waals surface area (Å²) in [5.41, 5.74) is 6.68. The molecule has 6 heteroatoms. The summed E-state index contributed by atoms with van der Waals surface area (Å²) < 4.78 is 5.61. The fourth-order valence-electron chi connectivity index (χ4n) is 4.01. The standard InChI is InChI=1S/C26H32N4O2/c1-25(2,3)18-26(4,5)21-11-13-22(14-12-21)32-17-23(31)29-27-15-20-16-28-30-24(20)19-9-7-6-8-10-19/h6-16H,17-18H2,1-5H3,(H,28,30)(H,29,31). The maximum atomic E-state index is 12.1. The van der Waals surface area contributed by atoms with Crippen LogP contribution in [0.5, 0.6) is 5.75 Å². The Balaban J connectivity index is 1.51. The minimum absolute atomic E-state index is 0.0640. The molecule has 0 fully saturated rings. The first-order chi connectivity index (χ1) is 15.1. The number of ether oxygens (including phenoxy) is 1. The number of amides is 1. The molecule has 1 amide bonds. The number of benzene rings is 2. The first-order valence-electron chi connectivity index (χ1n) is 10.8. The van der Waals surface area contributed by atoms with Crippen LogP contribution in [0.15, 0.2) is 65.9 Å². The highest BCUT2D eigenvalue weighted by atomic mass is 16.5. The van der Waals surface area contributed by atoms with Gasteiger partial charge >= 0.3 is 0 Å². The third-order valence-corrected chi connectivity index (χ3v) is 5.10. The third kappa shape index (κ3) is 6.54. The highest BCUT2D eigenvalue weighted by Gasteiger charge is 2.27.